The van der Waals surface area contributed by atoms with E-state index < -0.39 is 5.54 Å². The molecular formula is C22H24N2O3. The van der Waals surface area contributed by atoms with Gasteiger partial charge in [-0.3, -0.25) is 9.59 Å². The average molecular weight is 364 g/mol. The first-order chi connectivity index (χ1) is 13.0. The van der Waals surface area contributed by atoms with Gasteiger partial charge in [0.25, 0.3) is 0 Å². The normalized spacial score (nSPS) is 20.8. The van der Waals surface area contributed by atoms with Crippen LogP contribution in [-0.4, -0.2) is 35.2 Å². The molecule has 2 aromatic carbocycles. The van der Waals surface area contributed by atoms with Crippen molar-refractivity contribution in [1.82, 2.24) is 4.90 Å². The van der Waals surface area contributed by atoms with Gasteiger partial charge in [-0.25, -0.2) is 0 Å². The molecule has 5 heteroatoms. The molecule has 2 aromatic rings. The highest BCUT2D eigenvalue weighted by atomic mass is 16.5. The summed E-state index contributed by atoms with van der Waals surface area (Å²) in [5.41, 5.74) is 6.03. The zero-order chi connectivity index (χ0) is 18.9. The highest BCUT2D eigenvalue weighted by Crippen LogP contribution is 2.35. The van der Waals surface area contributed by atoms with E-state index in [2.05, 4.69) is 0 Å². The van der Waals surface area contributed by atoms with Crippen molar-refractivity contribution >= 4 is 11.7 Å². The number of hydrogen-bond acceptors (Lipinski definition) is 4. The fourth-order valence-corrected chi connectivity index (χ4v) is 3.59. The molecule has 2 N–H and O–H groups in total. The van der Waals surface area contributed by atoms with Crippen LogP contribution in [0.1, 0.15) is 36.0 Å². The van der Waals surface area contributed by atoms with Crippen molar-refractivity contribution in [3.63, 3.8) is 0 Å². The van der Waals surface area contributed by atoms with Gasteiger partial charge < -0.3 is 15.4 Å². The number of rotatable bonds is 5. The standard InChI is InChI=1S/C22H24N2O3/c23-22(12-13-22)21(26)24-14-4-5-17(15-24)20(25)16-8-10-19(11-9-16)27-18-6-2-1-3-7-18/h1-3,6-11,17H,4-5,12-15,23H2. The molecule has 0 spiro atoms. The minimum Gasteiger partial charge on any atom is -0.457 e. The molecule has 1 aliphatic heterocycles. The molecule has 0 aromatic heterocycles. The molecule has 0 bridgehead atoms. The summed E-state index contributed by atoms with van der Waals surface area (Å²) in [5.74, 6) is 1.38. The molecule has 1 amide bonds. The maximum Gasteiger partial charge on any atom is 0.242 e. The predicted molar refractivity (Wildman–Crippen MR) is 103 cm³/mol. The summed E-state index contributed by atoms with van der Waals surface area (Å²) >= 11 is 0. The average Bonchev–Trinajstić information content (AvgIpc) is 3.47. The predicted octanol–water partition coefficient (Wildman–Crippen LogP) is 3.39. The first-order valence-electron chi connectivity index (χ1n) is 9.51. The SMILES string of the molecule is NC1(C(=O)N2CCCC(C(=O)c3ccc(Oc4ccccc4)cc3)C2)CC1. The van der Waals surface area contributed by atoms with Crippen LogP contribution in [0.25, 0.3) is 0 Å². The third-order valence-corrected chi connectivity index (χ3v) is 5.41. The Labute approximate surface area is 159 Å². The van der Waals surface area contributed by atoms with Crippen LogP contribution >= 0.6 is 0 Å². The lowest BCUT2D eigenvalue weighted by atomic mass is 9.89. The lowest BCUT2D eigenvalue weighted by Crippen LogP contribution is -2.50. The molecule has 1 aliphatic carbocycles. The Morgan fingerprint density at radius 2 is 1.67 bits per heavy atom. The van der Waals surface area contributed by atoms with Gasteiger partial charge in [-0.05, 0) is 62.1 Å². The topological polar surface area (TPSA) is 72.6 Å². The molecule has 1 unspecified atom stereocenters. The molecular weight excluding hydrogens is 340 g/mol. The minimum absolute atomic E-state index is 0.00612. The van der Waals surface area contributed by atoms with Crippen molar-refractivity contribution < 1.29 is 14.3 Å². The number of amides is 1. The number of carbonyl (C=O) groups is 2. The number of nitrogens with two attached hydrogens (primary N) is 1. The van der Waals surface area contributed by atoms with Gasteiger partial charge in [-0.15, -0.1) is 0 Å². The summed E-state index contributed by atoms with van der Waals surface area (Å²) in [6.07, 6.45) is 3.16. The van der Waals surface area contributed by atoms with Gasteiger partial charge in [0.15, 0.2) is 5.78 Å². The van der Waals surface area contributed by atoms with Gasteiger partial charge in [-0.2, -0.15) is 0 Å². The van der Waals surface area contributed by atoms with Gasteiger partial charge in [-0.1, -0.05) is 18.2 Å². The van der Waals surface area contributed by atoms with E-state index in [-0.39, 0.29) is 17.6 Å². The minimum atomic E-state index is -0.665. The Balaban J connectivity index is 1.40. The Kier molecular flexibility index (Phi) is 4.70. The van der Waals surface area contributed by atoms with Gasteiger partial charge in [0.05, 0.1) is 5.54 Å². The highest BCUT2D eigenvalue weighted by molar-refractivity contribution is 5.98. The number of carbonyl (C=O) groups excluding carboxylic acids is 2. The third-order valence-electron chi connectivity index (χ3n) is 5.41. The van der Waals surface area contributed by atoms with E-state index in [0.29, 0.717) is 24.4 Å². The lowest BCUT2D eigenvalue weighted by molar-refractivity contribution is -0.135. The van der Waals surface area contributed by atoms with E-state index in [4.69, 9.17) is 10.5 Å². The molecule has 1 saturated heterocycles. The summed E-state index contributed by atoms with van der Waals surface area (Å²) in [7, 11) is 0. The summed E-state index contributed by atoms with van der Waals surface area (Å²) in [6, 6.07) is 16.7. The van der Waals surface area contributed by atoms with Crippen molar-refractivity contribution in [2.45, 2.75) is 31.2 Å². The number of hydrogen-bond donors (Lipinski definition) is 1. The number of Topliss-reactive ketones (excluding diaryl/α,β-unsaturated/α-hetero) is 1. The lowest BCUT2D eigenvalue weighted by Gasteiger charge is -2.33. The molecule has 1 heterocycles. The second kappa shape index (κ2) is 7.16. The fourth-order valence-electron chi connectivity index (χ4n) is 3.59. The first kappa shape index (κ1) is 17.7. The quantitative estimate of drug-likeness (QED) is 0.826. The van der Waals surface area contributed by atoms with E-state index in [0.717, 1.165) is 31.4 Å². The van der Waals surface area contributed by atoms with Crippen molar-refractivity contribution in [2.24, 2.45) is 11.7 Å². The Morgan fingerprint density at radius 1 is 1.00 bits per heavy atom. The second-order valence-electron chi connectivity index (χ2n) is 7.55. The summed E-state index contributed by atoms with van der Waals surface area (Å²) < 4.78 is 5.77. The fraction of sp³-hybridized carbons (Fsp3) is 0.364. The maximum atomic E-state index is 12.9. The van der Waals surface area contributed by atoms with E-state index >= 15 is 0 Å². The number of ether oxygens (including phenoxy) is 1. The van der Waals surface area contributed by atoms with Crippen LogP contribution in [-0.2, 0) is 4.79 Å². The van der Waals surface area contributed by atoms with Gasteiger partial charge in [0.2, 0.25) is 5.91 Å². The van der Waals surface area contributed by atoms with E-state index in [1.165, 1.54) is 0 Å². The number of benzene rings is 2. The Bertz CT molecular complexity index is 828. The van der Waals surface area contributed by atoms with Crippen LogP contribution in [0.4, 0.5) is 0 Å². The van der Waals surface area contributed by atoms with Crippen molar-refractivity contribution in [1.29, 1.82) is 0 Å². The van der Waals surface area contributed by atoms with E-state index in [1.807, 2.05) is 42.5 Å². The van der Waals surface area contributed by atoms with Gasteiger partial charge in [0, 0.05) is 24.6 Å². The van der Waals surface area contributed by atoms with Crippen LogP contribution in [0.5, 0.6) is 11.5 Å². The van der Waals surface area contributed by atoms with Crippen LogP contribution in [0.3, 0.4) is 0 Å². The second-order valence-corrected chi connectivity index (χ2v) is 7.55. The number of ketones is 1. The van der Waals surface area contributed by atoms with Gasteiger partial charge >= 0.3 is 0 Å². The van der Waals surface area contributed by atoms with Gasteiger partial charge in [0.1, 0.15) is 11.5 Å². The van der Waals surface area contributed by atoms with Crippen LogP contribution in [0.15, 0.2) is 54.6 Å². The molecule has 5 nitrogen and oxygen atoms in total. The van der Waals surface area contributed by atoms with Crippen molar-refractivity contribution in [3.05, 3.63) is 60.2 Å². The molecule has 0 radical (unpaired) electrons. The van der Waals surface area contributed by atoms with E-state index in [9.17, 15) is 9.59 Å². The molecule has 1 atom stereocenters. The monoisotopic (exact) mass is 364 g/mol. The molecule has 2 aliphatic rings. The number of likely N-dealkylation sites (tertiary alicyclic amines) is 1. The van der Waals surface area contributed by atoms with Crippen LogP contribution < -0.4 is 10.5 Å². The van der Waals surface area contributed by atoms with Crippen LogP contribution in [0.2, 0.25) is 0 Å². The van der Waals surface area contributed by atoms with Crippen molar-refractivity contribution in [3.8, 4) is 11.5 Å². The largest absolute Gasteiger partial charge is 0.457 e. The Morgan fingerprint density at radius 3 is 2.33 bits per heavy atom. The maximum absolute atomic E-state index is 12.9. The molecule has 2 fully saturated rings. The third kappa shape index (κ3) is 3.88. The summed E-state index contributed by atoms with van der Waals surface area (Å²) in [6.45, 7) is 1.17. The molecule has 1 saturated carbocycles. The first-order valence-corrected chi connectivity index (χ1v) is 9.51. The van der Waals surface area contributed by atoms with Crippen molar-refractivity contribution in [2.75, 3.05) is 13.1 Å². The Hall–Kier alpha value is -2.66. The number of para-hydroxylation sites is 1. The summed E-state index contributed by atoms with van der Waals surface area (Å²) in [4.78, 5) is 27.2. The zero-order valence-electron chi connectivity index (χ0n) is 15.3. The molecule has 140 valence electrons. The van der Waals surface area contributed by atoms with E-state index in [1.54, 1.807) is 17.0 Å². The number of nitrogens with zero attached hydrogens (tertiary/aromatic N) is 1. The summed E-state index contributed by atoms with van der Waals surface area (Å²) in [5, 5.41) is 0. The molecule has 4 rings (SSSR count). The molecule has 27 heavy (non-hydrogen) atoms. The smallest absolute Gasteiger partial charge is 0.242 e. The van der Waals surface area contributed by atoms with Crippen LogP contribution in [0, 0.1) is 5.92 Å². The number of piperidine rings is 1. The highest BCUT2D eigenvalue weighted by Gasteiger charge is 2.49. The zero-order valence-corrected chi connectivity index (χ0v) is 15.3.